The van der Waals surface area contributed by atoms with Gasteiger partial charge in [0.25, 0.3) is 0 Å². The van der Waals surface area contributed by atoms with Gasteiger partial charge in [0.05, 0.1) is 11.4 Å². The topological polar surface area (TPSA) is 44.1 Å². The Labute approximate surface area is 77.1 Å². The Morgan fingerprint density at radius 3 is 2.92 bits per heavy atom. The second-order valence-corrected chi connectivity index (χ2v) is 3.27. The number of nitrogens with one attached hydrogen (secondary N) is 1. The minimum Gasteiger partial charge on any atom is -0.313 e. The van der Waals surface area contributed by atoms with E-state index in [0.29, 0.717) is 12.1 Å². The summed E-state index contributed by atoms with van der Waals surface area (Å²) in [5, 5.41) is 0. The van der Waals surface area contributed by atoms with Gasteiger partial charge in [-0.05, 0) is 18.1 Å². The first-order chi connectivity index (χ1) is 6.20. The van der Waals surface area contributed by atoms with Gasteiger partial charge >= 0.3 is 0 Å². The van der Waals surface area contributed by atoms with Crippen molar-refractivity contribution in [3.05, 3.63) is 23.8 Å². The molecule has 3 nitrogen and oxygen atoms in total. The van der Waals surface area contributed by atoms with E-state index in [1.54, 1.807) is 18.0 Å². The summed E-state index contributed by atoms with van der Waals surface area (Å²) in [6.45, 7) is 0. The van der Waals surface area contributed by atoms with Crippen LogP contribution in [0.25, 0.3) is 0 Å². The number of aryl methyl sites for hydroxylation is 1. The number of para-hydroxylation sites is 1. The number of amides is 1. The molecule has 1 radical (unpaired) electrons. The number of carbonyl (C=O) groups excluding carboxylic acids is 1. The predicted octanol–water partition coefficient (Wildman–Crippen LogP) is 1.51. The molecule has 1 amide bonds. The number of fused-ring (bicyclic) bond motifs is 1. The SMILES string of the molecule is CN1C(=O)CCc2cccc([NH])c21. The highest BCUT2D eigenvalue weighted by Crippen LogP contribution is 2.32. The van der Waals surface area contributed by atoms with Crippen LogP contribution in [0.1, 0.15) is 12.0 Å². The predicted molar refractivity (Wildman–Crippen MR) is 50.9 cm³/mol. The van der Waals surface area contributed by atoms with Gasteiger partial charge in [-0.25, -0.2) is 0 Å². The first kappa shape index (κ1) is 8.10. The fourth-order valence-electron chi connectivity index (χ4n) is 1.72. The summed E-state index contributed by atoms with van der Waals surface area (Å²) in [5.41, 5.74) is 10.00. The fourth-order valence-corrected chi connectivity index (χ4v) is 1.72. The molecule has 1 aromatic carbocycles. The van der Waals surface area contributed by atoms with Gasteiger partial charge < -0.3 is 4.90 Å². The minimum atomic E-state index is 0.104. The van der Waals surface area contributed by atoms with Crippen LogP contribution in [0.2, 0.25) is 0 Å². The summed E-state index contributed by atoms with van der Waals surface area (Å²) in [5.74, 6) is 0.104. The maximum absolute atomic E-state index is 11.4. The molecule has 13 heavy (non-hydrogen) atoms. The van der Waals surface area contributed by atoms with E-state index in [2.05, 4.69) is 0 Å². The van der Waals surface area contributed by atoms with Crippen molar-refractivity contribution >= 4 is 17.3 Å². The minimum absolute atomic E-state index is 0.104. The molecule has 1 aliphatic rings. The monoisotopic (exact) mass is 175 g/mol. The molecule has 0 bridgehead atoms. The van der Waals surface area contributed by atoms with Crippen LogP contribution >= 0.6 is 0 Å². The zero-order valence-electron chi connectivity index (χ0n) is 7.50. The number of anilines is 1. The molecule has 1 aliphatic heterocycles. The van der Waals surface area contributed by atoms with Crippen molar-refractivity contribution in [2.75, 3.05) is 11.9 Å². The van der Waals surface area contributed by atoms with Crippen molar-refractivity contribution in [2.45, 2.75) is 12.8 Å². The lowest BCUT2D eigenvalue weighted by Crippen LogP contribution is -2.31. The van der Waals surface area contributed by atoms with Crippen LogP contribution in [0.4, 0.5) is 11.4 Å². The Bertz CT molecular complexity index is 360. The second kappa shape index (κ2) is 2.76. The third-order valence-electron chi connectivity index (χ3n) is 2.44. The number of benzene rings is 1. The molecule has 0 fully saturated rings. The van der Waals surface area contributed by atoms with E-state index < -0.39 is 0 Å². The Hall–Kier alpha value is -1.51. The molecule has 1 heterocycles. The molecule has 67 valence electrons. The van der Waals surface area contributed by atoms with Gasteiger partial charge in [-0.1, -0.05) is 12.1 Å². The average molecular weight is 175 g/mol. The van der Waals surface area contributed by atoms with E-state index in [4.69, 9.17) is 5.73 Å². The molecule has 0 saturated carbocycles. The Balaban J connectivity index is 2.57. The zero-order valence-corrected chi connectivity index (χ0v) is 7.50. The van der Waals surface area contributed by atoms with Crippen molar-refractivity contribution in [1.82, 2.24) is 5.73 Å². The molecule has 0 unspecified atom stereocenters. The van der Waals surface area contributed by atoms with Crippen LogP contribution in [0.5, 0.6) is 0 Å². The van der Waals surface area contributed by atoms with E-state index in [-0.39, 0.29) is 5.91 Å². The van der Waals surface area contributed by atoms with E-state index in [1.165, 1.54) is 0 Å². The lowest BCUT2D eigenvalue weighted by molar-refractivity contribution is -0.118. The van der Waals surface area contributed by atoms with Crippen molar-refractivity contribution in [2.24, 2.45) is 0 Å². The standard InChI is InChI=1S/C10H11N2O/c1-12-9(13)6-5-7-3-2-4-8(11)10(7)12/h2-4,11H,5-6H2,1H3. The second-order valence-electron chi connectivity index (χ2n) is 3.27. The van der Waals surface area contributed by atoms with Crippen LogP contribution in [0.3, 0.4) is 0 Å². The largest absolute Gasteiger partial charge is 0.313 e. The average Bonchev–Trinajstić information content (AvgIpc) is 2.12. The van der Waals surface area contributed by atoms with Crippen molar-refractivity contribution in [1.29, 1.82) is 0 Å². The number of carbonyl (C=O) groups is 1. The molecular weight excluding hydrogens is 164 g/mol. The molecule has 3 heteroatoms. The molecule has 0 atom stereocenters. The summed E-state index contributed by atoms with van der Waals surface area (Å²) in [7, 11) is 1.73. The number of hydrogen-bond acceptors (Lipinski definition) is 1. The van der Waals surface area contributed by atoms with Crippen LogP contribution < -0.4 is 10.6 Å². The van der Waals surface area contributed by atoms with Gasteiger partial charge in [-0.2, -0.15) is 0 Å². The summed E-state index contributed by atoms with van der Waals surface area (Å²) in [6, 6.07) is 5.56. The Kier molecular flexibility index (Phi) is 1.72. The van der Waals surface area contributed by atoms with E-state index in [0.717, 1.165) is 17.7 Å². The molecule has 0 spiro atoms. The quantitative estimate of drug-likeness (QED) is 0.589. The van der Waals surface area contributed by atoms with Crippen LogP contribution in [0.15, 0.2) is 18.2 Å². The van der Waals surface area contributed by atoms with Crippen LogP contribution in [-0.4, -0.2) is 13.0 Å². The highest BCUT2D eigenvalue weighted by molar-refractivity contribution is 5.98. The van der Waals surface area contributed by atoms with Gasteiger partial charge in [0.1, 0.15) is 0 Å². The van der Waals surface area contributed by atoms with Gasteiger partial charge in [0, 0.05) is 13.5 Å². The van der Waals surface area contributed by atoms with E-state index >= 15 is 0 Å². The summed E-state index contributed by atoms with van der Waals surface area (Å²) in [4.78, 5) is 12.9. The van der Waals surface area contributed by atoms with Crippen molar-refractivity contribution in [3.63, 3.8) is 0 Å². The van der Waals surface area contributed by atoms with Crippen LogP contribution in [-0.2, 0) is 11.2 Å². The first-order valence-electron chi connectivity index (χ1n) is 4.30. The van der Waals surface area contributed by atoms with Gasteiger partial charge in [0.15, 0.2) is 0 Å². The molecule has 2 rings (SSSR count). The van der Waals surface area contributed by atoms with E-state index in [9.17, 15) is 4.79 Å². The number of hydrogen-bond donors (Lipinski definition) is 0. The van der Waals surface area contributed by atoms with Gasteiger partial charge in [-0.15, -0.1) is 0 Å². The van der Waals surface area contributed by atoms with Gasteiger partial charge in [0.2, 0.25) is 5.91 Å². The molecular formula is C10H11N2O. The van der Waals surface area contributed by atoms with Gasteiger partial charge in [-0.3, -0.25) is 10.5 Å². The fraction of sp³-hybridized carbons (Fsp3) is 0.300. The summed E-state index contributed by atoms with van der Waals surface area (Å²) >= 11 is 0. The molecule has 0 aromatic heterocycles. The highest BCUT2D eigenvalue weighted by Gasteiger charge is 2.22. The lowest BCUT2D eigenvalue weighted by Gasteiger charge is -2.26. The first-order valence-corrected chi connectivity index (χ1v) is 4.30. The highest BCUT2D eigenvalue weighted by atomic mass is 16.2. The summed E-state index contributed by atoms with van der Waals surface area (Å²) < 4.78 is 0. The van der Waals surface area contributed by atoms with E-state index in [1.807, 2.05) is 12.1 Å². The molecule has 0 saturated heterocycles. The molecule has 1 aromatic rings. The number of nitrogens with zero attached hydrogens (tertiary/aromatic N) is 1. The Morgan fingerprint density at radius 2 is 2.15 bits per heavy atom. The van der Waals surface area contributed by atoms with Crippen molar-refractivity contribution in [3.8, 4) is 0 Å². The maximum Gasteiger partial charge on any atom is 0.227 e. The Morgan fingerprint density at radius 1 is 1.38 bits per heavy atom. The zero-order chi connectivity index (χ0) is 9.42. The van der Waals surface area contributed by atoms with Crippen LogP contribution in [0, 0.1) is 0 Å². The number of rotatable bonds is 0. The summed E-state index contributed by atoms with van der Waals surface area (Å²) in [6.07, 6.45) is 1.33. The molecule has 0 aliphatic carbocycles. The third kappa shape index (κ3) is 1.16. The smallest absolute Gasteiger partial charge is 0.227 e. The maximum atomic E-state index is 11.4. The van der Waals surface area contributed by atoms with Crippen molar-refractivity contribution < 1.29 is 4.79 Å². The normalized spacial score (nSPS) is 15.8. The third-order valence-corrected chi connectivity index (χ3v) is 2.44. The lowest BCUT2D eigenvalue weighted by atomic mass is 10.0. The molecule has 1 N–H and O–H groups in total.